The van der Waals surface area contributed by atoms with Crippen molar-refractivity contribution in [2.45, 2.75) is 5.51 Å². The summed E-state index contributed by atoms with van der Waals surface area (Å²) < 4.78 is 78.1. The van der Waals surface area contributed by atoms with E-state index in [1.54, 1.807) is 30.3 Å². The smallest absolute Gasteiger partial charge is 0.354 e. The van der Waals surface area contributed by atoms with Gasteiger partial charge in [-0.3, -0.25) is 0 Å². The number of rotatable bonds is 3. The Morgan fingerprint density at radius 2 is 1.75 bits per heavy atom. The van der Waals surface area contributed by atoms with E-state index in [0.717, 1.165) is 17.5 Å². The van der Waals surface area contributed by atoms with Crippen LogP contribution in [0.25, 0.3) is 20.5 Å². The molecule has 2 aromatic heterocycles. The molecule has 0 fully saturated rings. The minimum atomic E-state index is -5.89. The molecular formula is C14H7F4NO3S2. The third-order valence-corrected chi connectivity index (χ3v) is 5.18. The van der Waals surface area contributed by atoms with Crippen LogP contribution in [0.1, 0.15) is 0 Å². The number of aromatic nitrogens is 1. The summed E-state index contributed by atoms with van der Waals surface area (Å²) in [5.74, 6) is -1.49. The predicted molar refractivity (Wildman–Crippen MR) is 80.6 cm³/mol. The molecule has 0 N–H and O–H groups in total. The van der Waals surface area contributed by atoms with E-state index < -0.39 is 27.3 Å². The third kappa shape index (κ3) is 2.82. The van der Waals surface area contributed by atoms with Gasteiger partial charge in [0.05, 0.1) is 4.88 Å². The molecule has 0 amide bonds. The van der Waals surface area contributed by atoms with E-state index in [-0.39, 0.29) is 15.0 Å². The van der Waals surface area contributed by atoms with Crippen LogP contribution in [-0.4, -0.2) is 18.9 Å². The van der Waals surface area contributed by atoms with Crippen molar-refractivity contribution >= 4 is 31.5 Å². The van der Waals surface area contributed by atoms with Gasteiger partial charge in [0, 0.05) is 11.6 Å². The molecule has 0 spiro atoms. The molecule has 0 bridgehead atoms. The van der Waals surface area contributed by atoms with Gasteiger partial charge in [-0.2, -0.15) is 21.6 Å². The minimum absolute atomic E-state index is 0.0683. The van der Waals surface area contributed by atoms with Crippen molar-refractivity contribution in [2.75, 3.05) is 0 Å². The quantitative estimate of drug-likeness (QED) is 0.387. The molecule has 0 saturated carbocycles. The maximum atomic E-state index is 14.5. The van der Waals surface area contributed by atoms with Gasteiger partial charge in [0.15, 0.2) is 0 Å². The van der Waals surface area contributed by atoms with Gasteiger partial charge in [-0.1, -0.05) is 30.3 Å². The Morgan fingerprint density at radius 3 is 2.38 bits per heavy atom. The first-order valence-corrected chi connectivity index (χ1v) is 8.56. The van der Waals surface area contributed by atoms with E-state index in [4.69, 9.17) is 0 Å². The van der Waals surface area contributed by atoms with Gasteiger partial charge < -0.3 is 4.18 Å². The zero-order valence-corrected chi connectivity index (χ0v) is 13.2. The van der Waals surface area contributed by atoms with Gasteiger partial charge in [0.2, 0.25) is 0 Å². The number of nitrogens with zero attached hydrogens (tertiary/aromatic N) is 1. The highest BCUT2D eigenvalue weighted by molar-refractivity contribution is 7.88. The maximum absolute atomic E-state index is 14.5. The topological polar surface area (TPSA) is 56.3 Å². The van der Waals surface area contributed by atoms with Crippen LogP contribution < -0.4 is 4.18 Å². The van der Waals surface area contributed by atoms with Crippen LogP contribution in [0.2, 0.25) is 0 Å². The number of thiophene rings is 1. The van der Waals surface area contributed by atoms with Crippen LogP contribution in [0.5, 0.6) is 5.88 Å². The highest BCUT2D eigenvalue weighted by Crippen LogP contribution is 2.41. The third-order valence-electron chi connectivity index (χ3n) is 3.02. The second kappa shape index (κ2) is 5.71. The normalized spacial score (nSPS) is 12.5. The molecule has 0 unspecified atom stereocenters. The van der Waals surface area contributed by atoms with Crippen molar-refractivity contribution < 1.29 is 30.2 Å². The second-order valence-corrected chi connectivity index (χ2v) is 7.15. The highest BCUT2D eigenvalue weighted by atomic mass is 32.2. The molecule has 0 saturated heterocycles. The highest BCUT2D eigenvalue weighted by Gasteiger charge is 2.49. The molecule has 3 aromatic rings. The fraction of sp³-hybridized carbons (Fsp3) is 0.0714. The molecule has 4 nitrogen and oxygen atoms in total. The molecular weight excluding hydrogens is 370 g/mol. The van der Waals surface area contributed by atoms with Crippen molar-refractivity contribution in [2.24, 2.45) is 0 Å². The van der Waals surface area contributed by atoms with E-state index in [9.17, 15) is 26.0 Å². The molecule has 0 aliphatic rings. The molecule has 24 heavy (non-hydrogen) atoms. The molecule has 126 valence electrons. The average Bonchev–Trinajstić information content (AvgIpc) is 2.85. The Hall–Kier alpha value is -2.20. The zero-order chi connectivity index (χ0) is 17.5. The van der Waals surface area contributed by atoms with Crippen molar-refractivity contribution in [1.82, 2.24) is 4.98 Å². The van der Waals surface area contributed by atoms with Crippen LogP contribution >= 0.6 is 11.3 Å². The number of alkyl halides is 3. The molecule has 0 aliphatic carbocycles. The summed E-state index contributed by atoms with van der Waals surface area (Å²) >= 11 is 0.761. The van der Waals surface area contributed by atoms with Crippen molar-refractivity contribution in [3.05, 3.63) is 48.4 Å². The van der Waals surface area contributed by atoms with Gasteiger partial charge in [-0.15, -0.1) is 11.3 Å². The number of hydrogen-bond donors (Lipinski definition) is 0. The molecule has 0 radical (unpaired) electrons. The van der Waals surface area contributed by atoms with Gasteiger partial charge >= 0.3 is 15.6 Å². The monoisotopic (exact) mass is 377 g/mol. The van der Waals surface area contributed by atoms with Crippen LogP contribution in [0.3, 0.4) is 0 Å². The number of fused-ring (bicyclic) bond motifs is 1. The molecule has 10 heteroatoms. The van der Waals surface area contributed by atoms with Crippen LogP contribution in [0.4, 0.5) is 17.6 Å². The summed E-state index contributed by atoms with van der Waals surface area (Å²) in [7, 11) is -5.89. The molecule has 0 aliphatic heterocycles. The largest absolute Gasteiger partial charge is 0.534 e. The summed E-state index contributed by atoms with van der Waals surface area (Å²) in [6, 6.07) is 9.54. The second-order valence-electron chi connectivity index (χ2n) is 4.59. The van der Waals surface area contributed by atoms with Crippen molar-refractivity contribution in [1.29, 1.82) is 0 Å². The van der Waals surface area contributed by atoms with E-state index >= 15 is 0 Å². The minimum Gasteiger partial charge on any atom is -0.354 e. The van der Waals surface area contributed by atoms with E-state index in [2.05, 4.69) is 9.17 Å². The summed E-state index contributed by atoms with van der Waals surface area (Å²) in [5, 5.41) is -0.0683. The van der Waals surface area contributed by atoms with Gasteiger partial charge in [0.1, 0.15) is 10.5 Å². The SMILES string of the molecule is O=S(=O)(Oc1nccc2c(F)c(-c3ccccc3)sc12)C(F)(F)F. The zero-order valence-electron chi connectivity index (χ0n) is 11.5. The summed E-state index contributed by atoms with van der Waals surface area (Å²) in [5.41, 5.74) is -5.10. The lowest BCUT2D eigenvalue weighted by Crippen LogP contribution is -2.28. The Kier molecular flexibility index (Phi) is 3.96. The molecule has 1 aromatic carbocycles. The van der Waals surface area contributed by atoms with Crippen molar-refractivity contribution in [3.8, 4) is 16.3 Å². The summed E-state index contributed by atoms with van der Waals surface area (Å²) in [4.78, 5) is 3.64. The first-order chi connectivity index (χ1) is 11.2. The van der Waals surface area contributed by atoms with Gasteiger partial charge in [-0.25, -0.2) is 9.37 Å². The van der Waals surface area contributed by atoms with E-state index in [0.29, 0.717) is 5.56 Å². The number of hydrogen-bond acceptors (Lipinski definition) is 5. The van der Waals surface area contributed by atoms with Gasteiger partial charge in [-0.05, 0) is 11.6 Å². The lowest BCUT2D eigenvalue weighted by Gasteiger charge is -2.08. The Morgan fingerprint density at radius 1 is 1.08 bits per heavy atom. The lowest BCUT2D eigenvalue weighted by atomic mass is 10.1. The Labute approximate surface area is 137 Å². The van der Waals surface area contributed by atoms with E-state index in [1.165, 1.54) is 6.07 Å². The predicted octanol–water partition coefficient (Wildman–Crippen LogP) is 4.33. The van der Waals surface area contributed by atoms with Gasteiger partial charge in [0.25, 0.3) is 5.88 Å². The lowest BCUT2D eigenvalue weighted by molar-refractivity contribution is -0.0500. The standard InChI is InChI=1S/C14H7F4NO3S2/c15-10-9-6-7-19-13(22-24(20,21)14(16,17)18)12(9)23-11(10)8-4-2-1-3-5-8/h1-7H. The van der Waals surface area contributed by atoms with Crippen LogP contribution in [-0.2, 0) is 10.1 Å². The summed E-state index contributed by atoms with van der Waals surface area (Å²) in [6.45, 7) is 0. The Bertz CT molecular complexity index is 998. The number of halogens is 4. The van der Waals surface area contributed by atoms with Crippen LogP contribution in [0, 0.1) is 5.82 Å². The first kappa shape index (κ1) is 16.7. The first-order valence-electron chi connectivity index (χ1n) is 6.34. The van der Waals surface area contributed by atoms with Crippen molar-refractivity contribution in [3.63, 3.8) is 0 Å². The van der Waals surface area contributed by atoms with Crippen LogP contribution in [0.15, 0.2) is 42.6 Å². The molecule has 3 rings (SSSR count). The molecule has 0 atom stereocenters. The average molecular weight is 377 g/mol. The fourth-order valence-corrected chi connectivity index (χ4v) is 3.54. The maximum Gasteiger partial charge on any atom is 0.534 e. The number of pyridine rings is 1. The number of benzene rings is 1. The summed E-state index contributed by atoms with van der Waals surface area (Å²) in [6.07, 6.45) is 0.980. The Balaban J connectivity index is 2.16. The molecule has 2 heterocycles. The van der Waals surface area contributed by atoms with E-state index in [1.807, 2.05) is 0 Å². The fourth-order valence-electron chi connectivity index (χ4n) is 1.96.